The lowest BCUT2D eigenvalue weighted by atomic mass is 9.96. The highest BCUT2D eigenvalue weighted by Crippen LogP contribution is 2.31. The monoisotopic (exact) mass is 469 g/mol. The van der Waals surface area contributed by atoms with Gasteiger partial charge in [-0.05, 0) is 46.1 Å². The summed E-state index contributed by atoms with van der Waals surface area (Å²) in [6.45, 7) is 7.37. The minimum absolute atomic E-state index is 0.0542. The number of rotatable bonds is 7. The number of anilines is 1. The van der Waals surface area contributed by atoms with Gasteiger partial charge in [-0.15, -0.1) is 0 Å². The molecule has 9 heteroatoms. The van der Waals surface area contributed by atoms with E-state index in [9.17, 15) is 9.90 Å². The first kappa shape index (κ1) is 24.3. The van der Waals surface area contributed by atoms with Crippen LogP contribution < -0.4 is 15.0 Å². The summed E-state index contributed by atoms with van der Waals surface area (Å²) in [5.74, 6) is 1.83. The Morgan fingerprint density at radius 2 is 2.03 bits per heavy atom. The van der Waals surface area contributed by atoms with Crippen LogP contribution in [0, 0.1) is 0 Å². The number of nitrogens with one attached hydrogen (secondary N) is 1. The molecule has 184 valence electrons. The van der Waals surface area contributed by atoms with Crippen LogP contribution in [0.25, 0.3) is 11.5 Å². The summed E-state index contributed by atoms with van der Waals surface area (Å²) in [6.07, 6.45) is 5.56. The van der Waals surface area contributed by atoms with E-state index in [2.05, 4.69) is 10.3 Å². The van der Waals surface area contributed by atoms with Gasteiger partial charge in [-0.25, -0.2) is 9.97 Å². The lowest BCUT2D eigenvalue weighted by molar-refractivity contribution is -0.121. The van der Waals surface area contributed by atoms with E-state index in [0.717, 1.165) is 36.3 Å². The van der Waals surface area contributed by atoms with E-state index in [1.807, 2.05) is 32.7 Å². The van der Waals surface area contributed by atoms with Crippen LogP contribution in [0.3, 0.4) is 0 Å². The Morgan fingerprint density at radius 1 is 1.26 bits per heavy atom. The van der Waals surface area contributed by atoms with Crippen LogP contribution in [-0.4, -0.2) is 70.5 Å². The van der Waals surface area contributed by atoms with Crippen LogP contribution in [-0.2, 0) is 22.4 Å². The molecule has 0 atom stereocenters. The van der Waals surface area contributed by atoms with Gasteiger partial charge in [0.15, 0.2) is 5.82 Å². The van der Waals surface area contributed by atoms with E-state index in [0.29, 0.717) is 43.3 Å². The first-order chi connectivity index (χ1) is 16.1. The molecule has 9 nitrogen and oxygen atoms in total. The van der Waals surface area contributed by atoms with Crippen molar-refractivity contribution >= 4 is 11.7 Å². The highest BCUT2D eigenvalue weighted by molar-refractivity contribution is 5.82. The zero-order valence-electron chi connectivity index (χ0n) is 20.6. The first-order valence-electron chi connectivity index (χ1n) is 11.9. The topological polar surface area (TPSA) is 110 Å². The van der Waals surface area contributed by atoms with Crippen LogP contribution in [0.1, 0.15) is 51.3 Å². The van der Waals surface area contributed by atoms with Gasteiger partial charge in [0.1, 0.15) is 29.5 Å². The molecular formula is C25H35N5O4. The number of likely N-dealkylation sites (N-methyl/N-ethyl adjacent to an activating group) is 1. The van der Waals surface area contributed by atoms with E-state index in [1.54, 1.807) is 18.3 Å². The molecule has 0 spiro atoms. The van der Waals surface area contributed by atoms with Crippen molar-refractivity contribution in [2.75, 3.05) is 38.3 Å². The second-order valence-corrected chi connectivity index (χ2v) is 10.3. The van der Waals surface area contributed by atoms with Gasteiger partial charge in [-0.2, -0.15) is 0 Å². The van der Waals surface area contributed by atoms with Crippen molar-refractivity contribution in [3.8, 4) is 17.3 Å². The Balaban J connectivity index is 1.54. The highest BCUT2D eigenvalue weighted by atomic mass is 16.5. The molecule has 4 rings (SSSR count). The molecule has 2 aromatic rings. The smallest absolute Gasteiger partial charge is 0.239 e. The van der Waals surface area contributed by atoms with Crippen LogP contribution in [0.2, 0.25) is 0 Å². The largest absolute Gasteiger partial charge is 0.490 e. The third kappa shape index (κ3) is 6.01. The summed E-state index contributed by atoms with van der Waals surface area (Å²) in [5, 5.41) is 13.7. The second-order valence-electron chi connectivity index (χ2n) is 10.3. The molecule has 2 aromatic heterocycles. The molecule has 1 amide bonds. The standard InChI is InChI=1S/C25H35N5O4/c1-24(2,3)29-21(31)15-30(4)23-18-6-5-7-19(18)27-22(28-23)20-14-17(8-11-26-20)34-16-25(32)9-12-33-13-10-25/h8,11,14,32H,5-7,9-10,12-13,15-16H2,1-4H3,(H,29,31). The maximum Gasteiger partial charge on any atom is 0.239 e. The molecule has 34 heavy (non-hydrogen) atoms. The molecule has 1 aliphatic heterocycles. The van der Waals surface area contributed by atoms with Crippen molar-refractivity contribution in [2.24, 2.45) is 0 Å². The van der Waals surface area contributed by atoms with E-state index in [1.165, 1.54) is 0 Å². The Kier molecular flexibility index (Phi) is 7.04. The third-order valence-corrected chi connectivity index (χ3v) is 6.06. The minimum Gasteiger partial charge on any atom is -0.490 e. The van der Waals surface area contributed by atoms with Gasteiger partial charge < -0.3 is 24.8 Å². The number of carbonyl (C=O) groups is 1. The number of aryl methyl sites for hydroxylation is 1. The first-order valence-corrected chi connectivity index (χ1v) is 11.9. The Hall–Kier alpha value is -2.78. The molecule has 3 heterocycles. The number of fused-ring (bicyclic) bond motifs is 1. The summed E-state index contributed by atoms with van der Waals surface area (Å²) in [4.78, 5) is 28.5. The Bertz CT molecular complexity index is 1030. The normalized spacial score (nSPS) is 17.2. The number of aromatic nitrogens is 3. The van der Waals surface area contributed by atoms with E-state index in [4.69, 9.17) is 19.4 Å². The number of carbonyl (C=O) groups excluding carboxylic acids is 1. The molecule has 0 radical (unpaired) electrons. The van der Waals surface area contributed by atoms with Gasteiger partial charge >= 0.3 is 0 Å². The average Bonchev–Trinajstić information content (AvgIpc) is 3.25. The number of amides is 1. The van der Waals surface area contributed by atoms with Crippen molar-refractivity contribution in [2.45, 2.75) is 64.0 Å². The molecule has 1 saturated heterocycles. The molecule has 0 aromatic carbocycles. The molecule has 1 fully saturated rings. The summed E-state index contributed by atoms with van der Waals surface area (Å²) in [6, 6.07) is 3.57. The number of aliphatic hydroxyl groups is 1. The highest BCUT2D eigenvalue weighted by Gasteiger charge is 2.31. The molecule has 0 bridgehead atoms. The third-order valence-electron chi connectivity index (χ3n) is 6.06. The number of pyridine rings is 1. The number of hydrogen-bond donors (Lipinski definition) is 2. The zero-order valence-corrected chi connectivity index (χ0v) is 20.6. The molecule has 2 aliphatic rings. The molecule has 1 aliphatic carbocycles. The van der Waals surface area contributed by atoms with Crippen molar-refractivity contribution in [3.05, 3.63) is 29.6 Å². The van der Waals surface area contributed by atoms with Gasteiger partial charge in [0, 0.05) is 62.2 Å². The van der Waals surface area contributed by atoms with Gasteiger partial charge in [-0.1, -0.05) is 0 Å². The van der Waals surface area contributed by atoms with E-state index < -0.39 is 5.60 Å². The maximum atomic E-state index is 12.5. The van der Waals surface area contributed by atoms with Crippen molar-refractivity contribution < 1.29 is 19.4 Å². The van der Waals surface area contributed by atoms with Gasteiger partial charge in [-0.3, -0.25) is 9.78 Å². The fourth-order valence-electron chi connectivity index (χ4n) is 4.33. The number of hydrogen-bond acceptors (Lipinski definition) is 8. The average molecular weight is 470 g/mol. The van der Waals surface area contributed by atoms with Crippen molar-refractivity contribution in [1.29, 1.82) is 0 Å². The lowest BCUT2D eigenvalue weighted by Gasteiger charge is -2.31. The van der Waals surface area contributed by atoms with Gasteiger partial charge in [0.05, 0.1) is 6.54 Å². The zero-order chi connectivity index (χ0) is 24.3. The molecule has 0 unspecified atom stereocenters. The predicted octanol–water partition coefficient (Wildman–Crippen LogP) is 2.30. The number of nitrogens with zero attached hydrogens (tertiary/aromatic N) is 4. The second kappa shape index (κ2) is 9.84. The summed E-state index contributed by atoms with van der Waals surface area (Å²) >= 11 is 0. The molecular weight excluding hydrogens is 434 g/mol. The summed E-state index contributed by atoms with van der Waals surface area (Å²) in [7, 11) is 1.88. The molecule has 0 saturated carbocycles. The predicted molar refractivity (Wildman–Crippen MR) is 129 cm³/mol. The van der Waals surface area contributed by atoms with Crippen LogP contribution in [0.4, 0.5) is 5.82 Å². The fourth-order valence-corrected chi connectivity index (χ4v) is 4.33. The lowest BCUT2D eigenvalue weighted by Crippen LogP contribution is -2.45. The van der Waals surface area contributed by atoms with E-state index in [-0.39, 0.29) is 24.6 Å². The summed E-state index contributed by atoms with van der Waals surface area (Å²) in [5.41, 5.74) is 1.53. The van der Waals surface area contributed by atoms with E-state index >= 15 is 0 Å². The van der Waals surface area contributed by atoms with Crippen LogP contribution >= 0.6 is 0 Å². The van der Waals surface area contributed by atoms with Crippen LogP contribution in [0.5, 0.6) is 5.75 Å². The minimum atomic E-state index is -0.880. The van der Waals surface area contributed by atoms with Crippen molar-refractivity contribution in [1.82, 2.24) is 20.3 Å². The summed E-state index contributed by atoms with van der Waals surface area (Å²) < 4.78 is 11.3. The Morgan fingerprint density at radius 3 is 2.76 bits per heavy atom. The quantitative estimate of drug-likeness (QED) is 0.636. The van der Waals surface area contributed by atoms with Gasteiger partial charge in [0.25, 0.3) is 0 Å². The number of ether oxygens (including phenoxy) is 2. The van der Waals surface area contributed by atoms with Gasteiger partial charge in [0.2, 0.25) is 5.91 Å². The maximum absolute atomic E-state index is 12.5. The SMILES string of the molecule is CN(CC(=O)NC(C)(C)C)c1nc(-c2cc(OCC3(O)CCOCC3)ccn2)nc2c1CCC2. The fraction of sp³-hybridized carbons (Fsp3) is 0.600. The molecule has 2 N–H and O–H groups in total. The van der Waals surface area contributed by atoms with Crippen molar-refractivity contribution in [3.63, 3.8) is 0 Å². The Labute approximate surface area is 200 Å². The van der Waals surface area contributed by atoms with Crippen LogP contribution in [0.15, 0.2) is 18.3 Å².